The van der Waals surface area contributed by atoms with Crippen LogP contribution in [0.25, 0.3) is 16.9 Å². The molecule has 162 valence electrons. The van der Waals surface area contributed by atoms with Gasteiger partial charge in [-0.1, -0.05) is 0 Å². The fraction of sp³-hybridized carbons (Fsp3) is 0.222. The summed E-state index contributed by atoms with van der Waals surface area (Å²) in [6.07, 6.45) is -1.63. The molecular weight excluding hydrogens is 423 g/mol. The molecule has 0 saturated carbocycles. The number of β-amino-alcohol motifs (C(OH)–C–C–N with tert-alkyl or cyclic N) is 2. The minimum atomic E-state index is -1.67. The Balaban J connectivity index is 2.05. The number of nitrogen functional groups attached to an aromatic ring is 1. The van der Waals surface area contributed by atoms with Crippen molar-refractivity contribution in [2.45, 2.75) is 12.2 Å². The van der Waals surface area contributed by atoms with Crippen LogP contribution in [0.4, 0.5) is 24.8 Å². The first-order valence-electron chi connectivity index (χ1n) is 8.80. The molecule has 1 saturated heterocycles. The first-order valence-corrected chi connectivity index (χ1v) is 8.80. The molecule has 5 N–H and O–H groups in total. The molecule has 1 fully saturated rings. The Morgan fingerprint density at radius 1 is 1.03 bits per heavy atom. The third-order valence-electron chi connectivity index (χ3n) is 4.87. The maximum Gasteiger partial charge on any atom is 0.341 e. The van der Waals surface area contributed by atoms with Gasteiger partial charge in [0.2, 0.25) is 5.43 Å². The highest BCUT2D eigenvalue weighted by Crippen LogP contribution is 2.27. The highest BCUT2D eigenvalue weighted by molar-refractivity contribution is 5.92. The first-order chi connectivity index (χ1) is 14.6. The van der Waals surface area contributed by atoms with Crippen LogP contribution in [0.1, 0.15) is 10.4 Å². The minimum Gasteiger partial charge on any atom is -0.477 e. The fourth-order valence-electron chi connectivity index (χ4n) is 3.33. The molecule has 1 aliphatic rings. The Kier molecular flexibility index (Phi) is 4.78. The third-order valence-corrected chi connectivity index (χ3v) is 4.87. The van der Waals surface area contributed by atoms with Gasteiger partial charge in [-0.15, -0.1) is 0 Å². The van der Waals surface area contributed by atoms with Crippen molar-refractivity contribution in [1.29, 1.82) is 0 Å². The molecule has 4 rings (SSSR count). The number of carboxylic acids is 1. The summed E-state index contributed by atoms with van der Waals surface area (Å²) in [5.41, 5.74) is 3.08. The zero-order valence-electron chi connectivity index (χ0n) is 15.5. The van der Waals surface area contributed by atoms with Gasteiger partial charge in [0, 0.05) is 25.4 Å². The van der Waals surface area contributed by atoms with Gasteiger partial charge in [-0.2, -0.15) is 0 Å². The van der Waals surface area contributed by atoms with Gasteiger partial charge < -0.3 is 26.0 Å². The summed E-state index contributed by atoms with van der Waals surface area (Å²) in [5, 5.41) is 28.3. The molecule has 0 amide bonds. The lowest BCUT2D eigenvalue weighted by Crippen LogP contribution is -2.25. The standard InChI is InChI=1S/C18H14F3N5O5/c19-8-2-10(21)17(23-14(8)22)26-3-7(18(30)31)13(29)6-1-9(20)16(24-15(6)26)25-4-11(27)12(28)5-25/h1-3,11-12,27-28H,4-5H2,(H2,22,23)(H,30,31)/t11-,12+. The van der Waals surface area contributed by atoms with E-state index in [0.29, 0.717) is 12.1 Å². The Morgan fingerprint density at radius 2 is 1.65 bits per heavy atom. The number of halogens is 3. The van der Waals surface area contributed by atoms with Crippen LogP contribution in [-0.2, 0) is 0 Å². The SMILES string of the molecule is Nc1nc(-n2cc(C(=O)O)c(=O)c3cc(F)c(N4C[C@@H](O)[C@@H](O)C4)nc32)c(F)cc1F. The molecule has 3 aromatic rings. The van der Waals surface area contributed by atoms with Crippen LogP contribution in [0.15, 0.2) is 23.1 Å². The molecule has 0 aliphatic carbocycles. The Labute approximate surface area is 170 Å². The van der Waals surface area contributed by atoms with Gasteiger partial charge in [-0.05, 0) is 6.07 Å². The fourth-order valence-corrected chi connectivity index (χ4v) is 3.33. The Morgan fingerprint density at radius 3 is 2.26 bits per heavy atom. The summed E-state index contributed by atoms with van der Waals surface area (Å²) in [6.45, 7) is -0.353. The van der Waals surface area contributed by atoms with Gasteiger partial charge >= 0.3 is 5.97 Å². The molecule has 0 aromatic carbocycles. The molecule has 0 unspecified atom stereocenters. The molecule has 2 atom stereocenters. The number of hydrogen-bond donors (Lipinski definition) is 4. The van der Waals surface area contributed by atoms with Gasteiger partial charge in [-0.25, -0.2) is 27.9 Å². The largest absolute Gasteiger partial charge is 0.477 e. The molecular formula is C18H14F3N5O5. The average molecular weight is 437 g/mol. The number of carbonyl (C=O) groups is 1. The Bertz CT molecular complexity index is 1290. The minimum absolute atomic E-state index is 0.176. The maximum atomic E-state index is 14.7. The van der Waals surface area contributed by atoms with Crippen LogP contribution in [0.2, 0.25) is 0 Å². The number of nitrogens with two attached hydrogens (primary N) is 1. The maximum absolute atomic E-state index is 14.7. The molecule has 13 heteroatoms. The van der Waals surface area contributed by atoms with E-state index in [1.54, 1.807) is 0 Å². The number of nitrogens with zero attached hydrogens (tertiary/aromatic N) is 4. The molecule has 0 bridgehead atoms. The molecule has 31 heavy (non-hydrogen) atoms. The number of aliphatic hydroxyl groups excluding tert-OH is 2. The summed E-state index contributed by atoms with van der Waals surface area (Å²) in [7, 11) is 0. The number of anilines is 2. The predicted molar refractivity (Wildman–Crippen MR) is 101 cm³/mol. The summed E-state index contributed by atoms with van der Waals surface area (Å²) in [6, 6.07) is 1.13. The van der Waals surface area contributed by atoms with Crippen molar-refractivity contribution in [3.63, 3.8) is 0 Å². The molecule has 3 aromatic heterocycles. The van der Waals surface area contributed by atoms with Crippen molar-refractivity contribution in [2.24, 2.45) is 0 Å². The molecule has 4 heterocycles. The highest BCUT2D eigenvalue weighted by Gasteiger charge is 2.32. The van der Waals surface area contributed by atoms with Crippen LogP contribution in [0.5, 0.6) is 0 Å². The van der Waals surface area contributed by atoms with Gasteiger partial charge in [0.1, 0.15) is 5.56 Å². The second kappa shape index (κ2) is 7.21. The number of carboxylic acid groups (broad SMARTS) is 1. The lowest BCUT2D eigenvalue weighted by Gasteiger charge is -2.19. The van der Waals surface area contributed by atoms with Crippen molar-refractivity contribution in [1.82, 2.24) is 14.5 Å². The first kappa shape index (κ1) is 20.6. The van der Waals surface area contributed by atoms with E-state index in [1.807, 2.05) is 0 Å². The van der Waals surface area contributed by atoms with Gasteiger partial charge in [0.15, 0.2) is 40.6 Å². The monoisotopic (exact) mass is 437 g/mol. The average Bonchev–Trinajstić information content (AvgIpc) is 3.03. The lowest BCUT2D eigenvalue weighted by molar-refractivity contribution is 0.0572. The molecule has 0 radical (unpaired) electrons. The number of aliphatic hydroxyl groups is 2. The quantitative estimate of drug-likeness (QED) is 0.444. The van der Waals surface area contributed by atoms with Crippen molar-refractivity contribution in [3.05, 3.63) is 51.6 Å². The molecule has 1 aliphatic heterocycles. The molecule has 0 spiro atoms. The topological polar surface area (TPSA) is 155 Å². The van der Waals surface area contributed by atoms with Gasteiger partial charge in [0.25, 0.3) is 0 Å². The van der Waals surface area contributed by atoms with E-state index < -0.39 is 63.6 Å². The summed E-state index contributed by atoms with van der Waals surface area (Å²) >= 11 is 0. The van der Waals surface area contributed by atoms with E-state index in [4.69, 9.17) is 5.73 Å². The van der Waals surface area contributed by atoms with Crippen LogP contribution in [0, 0.1) is 17.5 Å². The van der Waals surface area contributed by atoms with Crippen LogP contribution in [-0.4, -0.2) is 61.1 Å². The Hall–Kier alpha value is -3.71. The number of fused-ring (bicyclic) bond motifs is 1. The van der Waals surface area contributed by atoms with E-state index in [1.165, 1.54) is 4.90 Å². The van der Waals surface area contributed by atoms with Crippen molar-refractivity contribution < 1.29 is 33.3 Å². The zero-order valence-corrected chi connectivity index (χ0v) is 15.5. The summed E-state index contributed by atoms with van der Waals surface area (Å²) < 4.78 is 43.5. The van der Waals surface area contributed by atoms with Crippen LogP contribution < -0.4 is 16.1 Å². The van der Waals surface area contributed by atoms with Gasteiger partial charge in [-0.3, -0.25) is 9.36 Å². The lowest BCUT2D eigenvalue weighted by atomic mass is 10.2. The second-order valence-electron chi connectivity index (χ2n) is 6.91. The smallest absolute Gasteiger partial charge is 0.341 e. The van der Waals surface area contributed by atoms with Crippen molar-refractivity contribution in [2.75, 3.05) is 23.7 Å². The normalized spacial score (nSPS) is 18.7. The molecule has 10 nitrogen and oxygen atoms in total. The zero-order chi connectivity index (χ0) is 22.6. The second-order valence-corrected chi connectivity index (χ2v) is 6.91. The van der Waals surface area contributed by atoms with Gasteiger partial charge in [0.05, 0.1) is 17.6 Å². The van der Waals surface area contributed by atoms with Crippen LogP contribution >= 0.6 is 0 Å². The van der Waals surface area contributed by atoms with E-state index >= 15 is 0 Å². The summed E-state index contributed by atoms with van der Waals surface area (Å²) in [4.78, 5) is 32.8. The third kappa shape index (κ3) is 3.33. The predicted octanol–water partition coefficient (Wildman–Crippen LogP) is 0.0202. The van der Waals surface area contributed by atoms with E-state index in [-0.39, 0.29) is 24.6 Å². The van der Waals surface area contributed by atoms with E-state index in [0.717, 1.165) is 10.8 Å². The number of pyridine rings is 3. The van der Waals surface area contributed by atoms with Crippen molar-refractivity contribution in [3.8, 4) is 5.82 Å². The number of aromatic nitrogens is 3. The van der Waals surface area contributed by atoms with E-state index in [2.05, 4.69) is 9.97 Å². The van der Waals surface area contributed by atoms with E-state index in [9.17, 15) is 38.1 Å². The van der Waals surface area contributed by atoms with Crippen molar-refractivity contribution >= 4 is 28.6 Å². The highest BCUT2D eigenvalue weighted by atomic mass is 19.1. The number of aromatic carboxylic acids is 1. The summed E-state index contributed by atoms with van der Waals surface area (Å²) in [5.74, 6) is -6.86. The number of hydrogen-bond acceptors (Lipinski definition) is 8. The van der Waals surface area contributed by atoms with Crippen LogP contribution in [0.3, 0.4) is 0 Å². The number of rotatable bonds is 3.